The Balaban J connectivity index is 1.89. The zero-order valence-electron chi connectivity index (χ0n) is 7.84. The van der Waals surface area contributed by atoms with E-state index in [0.29, 0.717) is 6.10 Å². The zero-order valence-corrected chi connectivity index (χ0v) is 7.84. The molecule has 1 saturated heterocycles. The molecule has 2 unspecified atom stereocenters. The predicted octanol–water partition coefficient (Wildman–Crippen LogP) is 2.82. The molecule has 2 aliphatic rings. The fraction of sp³-hybridized carbons (Fsp3) is 1.00. The third-order valence-corrected chi connectivity index (χ3v) is 3.19. The highest BCUT2D eigenvalue weighted by atomic mass is 17.3. The van der Waals surface area contributed by atoms with Crippen molar-refractivity contribution in [2.24, 2.45) is 0 Å². The highest BCUT2D eigenvalue weighted by molar-refractivity contribution is 4.95. The SMILES string of the molecule is CCCCC12CCCCC1OO2. The van der Waals surface area contributed by atoms with E-state index in [1.54, 1.807) is 0 Å². The van der Waals surface area contributed by atoms with Crippen LogP contribution in [0, 0.1) is 0 Å². The average Bonchev–Trinajstić information content (AvgIpc) is 2.06. The molecule has 2 heteroatoms. The lowest BCUT2D eigenvalue weighted by molar-refractivity contribution is -0.518. The molecular formula is C10H18O2. The topological polar surface area (TPSA) is 18.5 Å². The van der Waals surface area contributed by atoms with Gasteiger partial charge >= 0.3 is 0 Å². The van der Waals surface area contributed by atoms with Crippen molar-refractivity contribution in [2.75, 3.05) is 0 Å². The fourth-order valence-electron chi connectivity index (χ4n) is 2.32. The molecule has 1 aliphatic carbocycles. The van der Waals surface area contributed by atoms with Crippen LogP contribution in [0.4, 0.5) is 0 Å². The fourth-order valence-corrected chi connectivity index (χ4v) is 2.32. The van der Waals surface area contributed by atoms with Gasteiger partial charge in [0.25, 0.3) is 0 Å². The molecule has 0 radical (unpaired) electrons. The number of rotatable bonds is 3. The second-order valence-corrected chi connectivity index (χ2v) is 4.08. The second kappa shape index (κ2) is 3.35. The van der Waals surface area contributed by atoms with Crippen LogP contribution < -0.4 is 0 Å². The van der Waals surface area contributed by atoms with Crippen molar-refractivity contribution < 1.29 is 9.78 Å². The monoisotopic (exact) mass is 170 g/mol. The molecule has 1 aliphatic heterocycles. The second-order valence-electron chi connectivity index (χ2n) is 4.08. The van der Waals surface area contributed by atoms with Crippen molar-refractivity contribution in [1.29, 1.82) is 0 Å². The molecule has 0 aromatic carbocycles. The maximum Gasteiger partial charge on any atom is 0.133 e. The van der Waals surface area contributed by atoms with Crippen molar-refractivity contribution in [3.63, 3.8) is 0 Å². The van der Waals surface area contributed by atoms with E-state index < -0.39 is 0 Å². The van der Waals surface area contributed by atoms with Crippen molar-refractivity contribution in [3.05, 3.63) is 0 Å². The van der Waals surface area contributed by atoms with Gasteiger partial charge in [-0.15, -0.1) is 0 Å². The van der Waals surface area contributed by atoms with Crippen LogP contribution in [0.2, 0.25) is 0 Å². The summed E-state index contributed by atoms with van der Waals surface area (Å²) in [6.07, 6.45) is 9.25. The van der Waals surface area contributed by atoms with Crippen LogP contribution in [-0.2, 0) is 9.78 Å². The lowest BCUT2D eigenvalue weighted by Gasteiger charge is -2.50. The van der Waals surface area contributed by atoms with Crippen LogP contribution in [0.1, 0.15) is 51.9 Å². The summed E-state index contributed by atoms with van der Waals surface area (Å²) in [6, 6.07) is 0. The Labute approximate surface area is 74.2 Å². The minimum Gasteiger partial charge on any atom is -0.230 e. The average molecular weight is 170 g/mol. The van der Waals surface area contributed by atoms with Gasteiger partial charge in [-0.25, -0.2) is 9.78 Å². The minimum absolute atomic E-state index is 0.147. The first-order valence-corrected chi connectivity index (χ1v) is 5.22. The highest BCUT2D eigenvalue weighted by Gasteiger charge is 2.51. The van der Waals surface area contributed by atoms with Gasteiger partial charge in [0.1, 0.15) is 11.7 Å². The number of hydrogen-bond donors (Lipinski definition) is 0. The Morgan fingerprint density at radius 1 is 1.42 bits per heavy atom. The van der Waals surface area contributed by atoms with E-state index >= 15 is 0 Å². The molecule has 2 nitrogen and oxygen atoms in total. The normalized spacial score (nSPS) is 40.2. The maximum atomic E-state index is 5.32. The molecule has 0 bridgehead atoms. The van der Waals surface area contributed by atoms with Crippen LogP contribution >= 0.6 is 0 Å². The Morgan fingerprint density at radius 2 is 2.33 bits per heavy atom. The summed E-state index contributed by atoms with van der Waals surface area (Å²) in [6.45, 7) is 2.23. The molecule has 12 heavy (non-hydrogen) atoms. The van der Waals surface area contributed by atoms with Gasteiger partial charge in [0.15, 0.2) is 0 Å². The number of hydrogen-bond acceptors (Lipinski definition) is 2. The van der Waals surface area contributed by atoms with Crippen LogP contribution in [0.3, 0.4) is 0 Å². The van der Waals surface area contributed by atoms with Gasteiger partial charge in [0.05, 0.1) is 0 Å². The quantitative estimate of drug-likeness (QED) is 0.606. The Morgan fingerprint density at radius 3 is 2.92 bits per heavy atom. The highest BCUT2D eigenvalue weighted by Crippen LogP contribution is 2.44. The van der Waals surface area contributed by atoms with Gasteiger partial charge in [-0.1, -0.05) is 32.6 Å². The van der Waals surface area contributed by atoms with Gasteiger partial charge in [-0.2, -0.15) is 0 Å². The standard InChI is InChI=1S/C10H18O2/c1-2-3-7-10-8-5-4-6-9(10)11-12-10/h9H,2-8H2,1H3. The summed E-state index contributed by atoms with van der Waals surface area (Å²) in [5, 5.41) is 0. The van der Waals surface area contributed by atoms with Crippen LogP contribution in [0.25, 0.3) is 0 Å². The van der Waals surface area contributed by atoms with Crippen LogP contribution in [0.5, 0.6) is 0 Å². The molecule has 2 fully saturated rings. The van der Waals surface area contributed by atoms with Gasteiger partial charge in [0, 0.05) is 0 Å². The maximum absolute atomic E-state index is 5.32. The Bertz CT molecular complexity index is 158. The molecule has 0 N–H and O–H groups in total. The van der Waals surface area contributed by atoms with E-state index in [2.05, 4.69) is 6.92 Å². The van der Waals surface area contributed by atoms with Gasteiger partial charge in [0.2, 0.25) is 0 Å². The molecule has 0 amide bonds. The first-order valence-electron chi connectivity index (χ1n) is 5.22. The van der Waals surface area contributed by atoms with E-state index in [9.17, 15) is 0 Å². The first kappa shape index (κ1) is 8.52. The summed E-state index contributed by atoms with van der Waals surface area (Å²) >= 11 is 0. The van der Waals surface area contributed by atoms with E-state index in [4.69, 9.17) is 9.78 Å². The van der Waals surface area contributed by atoms with Crippen LogP contribution in [-0.4, -0.2) is 11.7 Å². The molecule has 0 aromatic heterocycles. The van der Waals surface area contributed by atoms with Crippen molar-refractivity contribution >= 4 is 0 Å². The molecule has 1 saturated carbocycles. The predicted molar refractivity (Wildman–Crippen MR) is 46.7 cm³/mol. The van der Waals surface area contributed by atoms with Gasteiger partial charge in [-0.05, 0) is 19.3 Å². The largest absolute Gasteiger partial charge is 0.230 e. The van der Waals surface area contributed by atoms with Gasteiger partial charge < -0.3 is 0 Å². The molecular weight excluding hydrogens is 152 g/mol. The smallest absolute Gasteiger partial charge is 0.133 e. The molecule has 70 valence electrons. The number of unbranched alkanes of at least 4 members (excludes halogenated alkanes) is 1. The van der Waals surface area contributed by atoms with Crippen LogP contribution in [0.15, 0.2) is 0 Å². The number of fused-ring (bicyclic) bond motifs is 1. The molecule has 1 heterocycles. The molecule has 2 rings (SSSR count). The minimum atomic E-state index is 0.147. The summed E-state index contributed by atoms with van der Waals surface area (Å²) in [5.41, 5.74) is 0.147. The van der Waals surface area contributed by atoms with Crippen molar-refractivity contribution in [3.8, 4) is 0 Å². The van der Waals surface area contributed by atoms with E-state index in [1.807, 2.05) is 0 Å². The lowest BCUT2D eigenvalue weighted by atomic mass is 9.78. The summed E-state index contributed by atoms with van der Waals surface area (Å²) < 4.78 is 0. The van der Waals surface area contributed by atoms with Crippen molar-refractivity contribution in [2.45, 2.75) is 63.6 Å². The summed E-state index contributed by atoms with van der Waals surface area (Å²) in [7, 11) is 0. The van der Waals surface area contributed by atoms with E-state index in [0.717, 1.165) is 0 Å². The van der Waals surface area contributed by atoms with E-state index in [-0.39, 0.29) is 5.60 Å². The third kappa shape index (κ3) is 1.27. The van der Waals surface area contributed by atoms with Gasteiger partial charge in [-0.3, -0.25) is 0 Å². The summed E-state index contributed by atoms with van der Waals surface area (Å²) in [5.74, 6) is 0. The van der Waals surface area contributed by atoms with Crippen molar-refractivity contribution in [1.82, 2.24) is 0 Å². The molecule has 0 spiro atoms. The van der Waals surface area contributed by atoms with E-state index in [1.165, 1.54) is 44.9 Å². The first-order chi connectivity index (χ1) is 5.87. The Kier molecular flexibility index (Phi) is 2.37. The Hall–Kier alpha value is -0.0800. The molecule has 0 aromatic rings. The third-order valence-electron chi connectivity index (χ3n) is 3.19. The molecule has 2 atom stereocenters. The zero-order chi connectivity index (χ0) is 8.44. The lowest BCUT2D eigenvalue weighted by Crippen LogP contribution is -2.57. The summed E-state index contributed by atoms with van der Waals surface area (Å²) in [4.78, 5) is 10.5.